The molecule has 3 aliphatic rings. The maximum atomic E-state index is 9.88. The Labute approximate surface area is 95.3 Å². The summed E-state index contributed by atoms with van der Waals surface area (Å²) in [4.78, 5) is 0. The zero-order chi connectivity index (χ0) is 8.40. The molecule has 2 bridgehead atoms. The molecule has 1 N–H and O–H groups in total. The van der Waals surface area contributed by atoms with Crippen molar-refractivity contribution >= 4 is 0 Å². The van der Waals surface area contributed by atoms with Crippen molar-refractivity contribution in [3.05, 3.63) is 0 Å². The minimum absolute atomic E-state index is 0. The minimum Gasteiger partial charge on any atom is -0.387 e. The van der Waals surface area contributed by atoms with E-state index in [-0.39, 0.29) is 37.5 Å². The van der Waals surface area contributed by atoms with E-state index in [2.05, 4.69) is 0 Å². The van der Waals surface area contributed by atoms with Crippen molar-refractivity contribution in [3.8, 4) is 0 Å². The number of fused-ring (bicyclic) bond motifs is 1. The van der Waals surface area contributed by atoms with Gasteiger partial charge in [-0.3, -0.25) is 0 Å². The molecule has 1 aliphatic carbocycles. The van der Waals surface area contributed by atoms with Gasteiger partial charge in [-0.1, -0.05) is 0 Å². The molecule has 3 fully saturated rings. The van der Waals surface area contributed by atoms with Crippen LogP contribution in [0.15, 0.2) is 0 Å². The van der Waals surface area contributed by atoms with Gasteiger partial charge in [0.15, 0.2) is 0 Å². The predicted octanol–water partition coefficient (Wildman–Crippen LogP) is -0.698. The van der Waals surface area contributed by atoms with Gasteiger partial charge in [0, 0.05) is 39.4 Å². The van der Waals surface area contributed by atoms with E-state index < -0.39 is 11.7 Å². The first-order valence-electron chi connectivity index (χ1n) is 4.22. The Morgan fingerprint density at radius 2 is 2.38 bits per heavy atom. The standard InChI is InChI=1S/C8H12O4.Sc/c1-10-3-7-4-11-8(6(7)9)2-5(8)12-7;/h5-6,9H,2-4H2,1H3;/t5-,6?,7-,8?;/m0./s1. The Morgan fingerprint density at radius 3 is 2.85 bits per heavy atom. The molecule has 5 heteroatoms. The summed E-state index contributed by atoms with van der Waals surface area (Å²) >= 11 is 0. The second-order valence-electron chi connectivity index (χ2n) is 3.95. The maximum absolute atomic E-state index is 9.88. The summed E-state index contributed by atoms with van der Waals surface area (Å²) in [5, 5.41) is 9.88. The second kappa shape index (κ2) is 2.85. The monoisotopic (exact) mass is 217 g/mol. The van der Waals surface area contributed by atoms with Crippen LogP contribution in [0, 0.1) is 0 Å². The molecule has 2 heterocycles. The first-order chi connectivity index (χ1) is 5.73. The van der Waals surface area contributed by atoms with E-state index in [0.29, 0.717) is 13.2 Å². The third kappa shape index (κ3) is 1.03. The number of hydrogen-bond donors (Lipinski definition) is 1. The number of hydrogen-bond acceptors (Lipinski definition) is 4. The summed E-state index contributed by atoms with van der Waals surface area (Å²) in [6.45, 7) is 0.894. The first kappa shape index (κ1) is 10.2. The van der Waals surface area contributed by atoms with Crippen LogP contribution in [0.25, 0.3) is 0 Å². The third-order valence-electron chi connectivity index (χ3n) is 3.20. The second-order valence-corrected chi connectivity index (χ2v) is 3.95. The zero-order valence-electron chi connectivity index (χ0n) is 7.53. The van der Waals surface area contributed by atoms with Crippen LogP contribution < -0.4 is 0 Å². The van der Waals surface area contributed by atoms with Gasteiger partial charge in [-0.15, -0.1) is 0 Å². The SMILES string of the molecule is COC[C@@]12COC3(C[C@@H]3O1)C2O.[Sc]. The van der Waals surface area contributed by atoms with Crippen molar-refractivity contribution in [3.63, 3.8) is 0 Å². The van der Waals surface area contributed by atoms with Crippen molar-refractivity contribution in [1.29, 1.82) is 0 Å². The normalized spacial score (nSPS) is 55.8. The van der Waals surface area contributed by atoms with Crippen LogP contribution in [-0.2, 0) is 40.1 Å². The van der Waals surface area contributed by atoms with E-state index in [4.69, 9.17) is 14.2 Å². The summed E-state index contributed by atoms with van der Waals surface area (Å²) in [6.07, 6.45) is 0.478. The van der Waals surface area contributed by atoms with E-state index in [9.17, 15) is 5.11 Å². The van der Waals surface area contributed by atoms with Gasteiger partial charge in [0.1, 0.15) is 17.3 Å². The number of rotatable bonds is 2. The summed E-state index contributed by atoms with van der Waals surface area (Å²) in [5.74, 6) is 0. The van der Waals surface area contributed by atoms with Gasteiger partial charge < -0.3 is 19.3 Å². The fourth-order valence-electron chi connectivity index (χ4n) is 2.45. The van der Waals surface area contributed by atoms with Crippen molar-refractivity contribution in [1.82, 2.24) is 0 Å². The summed E-state index contributed by atoms with van der Waals surface area (Å²) in [6, 6.07) is 0. The summed E-state index contributed by atoms with van der Waals surface area (Å²) in [5.41, 5.74) is -0.907. The van der Waals surface area contributed by atoms with E-state index in [1.54, 1.807) is 7.11 Å². The molecule has 2 unspecified atom stereocenters. The van der Waals surface area contributed by atoms with Gasteiger partial charge in [0.25, 0.3) is 0 Å². The van der Waals surface area contributed by atoms with Crippen molar-refractivity contribution in [2.24, 2.45) is 0 Å². The molecule has 1 radical (unpaired) electrons. The molecule has 4 nitrogen and oxygen atoms in total. The average molecular weight is 217 g/mol. The molecule has 1 spiro atoms. The molecular weight excluding hydrogens is 205 g/mol. The molecule has 0 amide bonds. The van der Waals surface area contributed by atoms with Crippen LogP contribution in [0.2, 0.25) is 0 Å². The van der Waals surface area contributed by atoms with Crippen LogP contribution in [0.3, 0.4) is 0 Å². The van der Waals surface area contributed by atoms with Gasteiger partial charge in [0.05, 0.1) is 19.3 Å². The fourth-order valence-corrected chi connectivity index (χ4v) is 2.45. The molecule has 0 aromatic rings. The Bertz CT molecular complexity index is 232. The maximum Gasteiger partial charge on any atom is 0.144 e. The zero-order valence-corrected chi connectivity index (χ0v) is 9.33. The Balaban J connectivity index is 0.000000653. The molecule has 71 valence electrons. The number of aliphatic hydroxyl groups is 1. The van der Waals surface area contributed by atoms with Gasteiger partial charge in [0.2, 0.25) is 0 Å². The molecule has 2 aliphatic heterocycles. The van der Waals surface area contributed by atoms with Crippen LogP contribution in [0.5, 0.6) is 0 Å². The van der Waals surface area contributed by atoms with Crippen molar-refractivity contribution in [2.75, 3.05) is 20.3 Å². The van der Waals surface area contributed by atoms with Gasteiger partial charge in [-0.2, -0.15) is 0 Å². The quantitative estimate of drug-likeness (QED) is 0.664. The molecule has 4 atom stereocenters. The van der Waals surface area contributed by atoms with E-state index in [1.165, 1.54) is 0 Å². The van der Waals surface area contributed by atoms with Crippen LogP contribution >= 0.6 is 0 Å². The molecule has 2 saturated heterocycles. The Morgan fingerprint density at radius 1 is 1.62 bits per heavy atom. The van der Waals surface area contributed by atoms with Crippen LogP contribution in [0.1, 0.15) is 6.42 Å². The molecular formula is C8H12O4Sc. The van der Waals surface area contributed by atoms with E-state index >= 15 is 0 Å². The Hall–Kier alpha value is 0.710. The predicted molar refractivity (Wildman–Crippen MR) is 38.8 cm³/mol. The third-order valence-corrected chi connectivity index (χ3v) is 3.20. The van der Waals surface area contributed by atoms with Gasteiger partial charge >= 0.3 is 0 Å². The number of aliphatic hydroxyl groups excluding tert-OH is 1. The average Bonchev–Trinajstić information content (AvgIpc) is 2.67. The van der Waals surface area contributed by atoms with Crippen LogP contribution in [0.4, 0.5) is 0 Å². The molecule has 0 aromatic carbocycles. The van der Waals surface area contributed by atoms with Crippen molar-refractivity contribution < 1.29 is 45.2 Å². The van der Waals surface area contributed by atoms with Gasteiger partial charge in [-0.05, 0) is 0 Å². The molecule has 1 saturated carbocycles. The molecule has 3 rings (SSSR count). The number of methoxy groups -OCH3 is 1. The van der Waals surface area contributed by atoms with Gasteiger partial charge in [-0.25, -0.2) is 0 Å². The van der Waals surface area contributed by atoms with Crippen molar-refractivity contribution in [2.45, 2.75) is 29.8 Å². The largest absolute Gasteiger partial charge is 0.387 e. The first-order valence-corrected chi connectivity index (χ1v) is 4.22. The number of ether oxygens (including phenoxy) is 3. The molecule has 13 heavy (non-hydrogen) atoms. The Kier molecular flexibility index (Phi) is 2.25. The van der Waals surface area contributed by atoms with Crippen LogP contribution in [-0.4, -0.2) is 48.8 Å². The minimum atomic E-state index is -0.558. The summed E-state index contributed by atoms with van der Waals surface area (Å²) < 4.78 is 16.2. The summed E-state index contributed by atoms with van der Waals surface area (Å²) in [7, 11) is 1.61. The van der Waals surface area contributed by atoms with E-state index in [1.807, 2.05) is 0 Å². The fraction of sp³-hybridized carbons (Fsp3) is 1.00. The topological polar surface area (TPSA) is 47.9 Å². The smallest absolute Gasteiger partial charge is 0.144 e. The van der Waals surface area contributed by atoms with E-state index in [0.717, 1.165) is 6.42 Å². The molecule has 0 aromatic heterocycles.